The van der Waals surface area contributed by atoms with E-state index in [0.717, 1.165) is 39.3 Å². The second-order valence-corrected chi connectivity index (χ2v) is 22.0. The predicted molar refractivity (Wildman–Crippen MR) is 286 cm³/mol. The summed E-state index contributed by atoms with van der Waals surface area (Å²) in [6.07, 6.45) is 0.431. The van der Waals surface area contributed by atoms with Gasteiger partial charge in [-0.3, -0.25) is 19.1 Å². The second kappa shape index (κ2) is 26.4. The molecule has 1 unspecified atom stereocenters. The number of hydrogen-bond donors (Lipinski definition) is 3. The van der Waals surface area contributed by atoms with Gasteiger partial charge >= 0.3 is 0 Å². The molecule has 0 radical (unpaired) electrons. The molecule has 7 rings (SSSR count). The number of nitrogens with zero attached hydrogens (tertiary/aromatic N) is 5. The van der Waals surface area contributed by atoms with Gasteiger partial charge in [-0.05, 0) is 74.1 Å². The van der Waals surface area contributed by atoms with Gasteiger partial charge in [0.15, 0.2) is 5.82 Å². The van der Waals surface area contributed by atoms with Crippen LogP contribution >= 0.6 is 46.1 Å². The Bertz CT molecular complexity index is 2860. The predicted octanol–water partition coefficient (Wildman–Crippen LogP) is 9.11. The van der Waals surface area contributed by atoms with Crippen LogP contribution in [0.25, 0.3) is 5.00 Å². The summed E-state index contributed by atoms with van der Waals surface area (Å²) < 4.78 is 62.0. The third-order valence-corrected chi connectivity index (χ3v) is 15.0. The van der Waals surface area contributed by atoms with E-state index in [9.17, 15) is 14.9 Å². The molecular weight excluding hydrogens is 1050 g/mol. The zero-order valence-corrected chi connectivity index (χ0v) is 46.0. The highest BCUT2D eigenvalue weighted by Gasteiger charge is 2.61. The van der Waals surface area contributed by atoms with Gasteiger partial charge in [-0.25, -0.2) is 8.78 Å². The number of halogens is 5. The van der Waals surface area contributed by atoms with Gasteiger partial charge < -0.3 is 39.6 Å². The molecule has 2 aliphatic rings. The summed E-state index contributed by atoms with van der Waals surface area (Å²) in [7, 11) is 0. The molecule has 0 aliphatic carbocycles. The van der Waals surface area contributed by atoms with Crippen LogP contribution in [0.2, 0.25) is 15.1 Å². The Morgan fingerprint density at radius 2 is 1.43 bits per heavy atom. The summed E-state index contributed by atoms with van der Waals surface area (Å²) in [6, 6.07) is 15.9. The number of aliphatic imine (C=N–C) groups is 1. The SMILES string of the molecule is Cc1sc2c(c1C)C(c1ccc(Cl)cc1)=N[C@@H](CC(=O)NCCOCCOCCOCCOCCOCCNC(=O)C1N[C@@H](CC(C)(C)C)[C@](C#N)(c3ccc(Cl)cc3F)[C@H]1c1cccc(Cl)c1F)c1nnc(C)n1-2. The van der Waals surface area contributed by atoms with Crippen molar-refractivity contribution >= 4 is 63.7 Å². The van der Waals surface area contributed by atoms with Crippen LogP contribution < -0.4 is 16.0 Å². The summed E-state index contributed by atoms with van der Waals surface area (Å²) in [4.78, 5) is 33.5. The highest BCUT2D eigenvalue weighted by atomic mass is 35.5. The van der Waals surface area contributed by atoms with Crippen molar-refractivity contribution in [1.29, 1.82) is 5.26 Å². The molecule has 2 aliphatic heterocycles. The minimum Gasteiger partial charge on any atom is -0.377 e. The van der Waals surface area contributed by atoms with Gasteiger partial charge in [0.2, 0.25) is 11.8 Å². The molecule has 3 N–H and O–H groups in total. The van der Waals surface area contributed by atoms with E-state index < -0.39 is 47.0 Å². The zero-order chi connectivity index (χ0) is 53.9. The molecule has 402 valence electrons. The molecule has 0 saturated carbocycles. The molecule has 4 heterocycles. The first-order chi connectivity index (χ1) is 35.9. The van der Waals surface area contributed by atoms with Crippen LogP contribution in [-0.2, 0) is 38.7 Å². The standard InChI is InChI=1S/C54H63Cl3F2N8O7S/c1-32-33(2)75-52-45(32)48(35-10-12-36(55)13-11-35)63-42(50-66-65-34(3)67(50)52)29-44(68)61-16-18-70-20-22-72-24-26-74-27-25-73-23-21-71-19-17-62-51(69)49-46(38-8-7-9-40(57)47(38)59)54(31-60,43(64-49)30-53(4,5)6)39-15-14-37(56)28-41(39)58/h7-15,28,42-43,46,49,64H,16-27,29-30H2,1-6H3,(H,61,68)(H,62,69)/t42-,43-,46-,49?,54-/m0/s1. The number of rotatable bonds is 25. The average Bonchev–Trinajstić information content (AvgIpc) is 3.97. The molecule has 1 saturated heterocycles. The van der Waals surface area contributed by atoms with Crippen molar-refractivity contribution in [3.05, 3.63) is 132 Å². The summed E-state index contributed by atoms with van der Waals surface area (Å²) >= 11 is 20.3. The molecule has 0 bridgehead atoms. The number of benzene rings is 3. The molecule has 5 aromatic rings. The van der Waals surface area contributed by atoms with Gasteiger partial charge in [0.05, 0.1) is 95.3 Å². The number of amides is 2. The van der Waals surface area contributed by atoms with Crippen LogP contribution in [0, 0.1) is 49.2 Å². The Morgan fingerprint density at radius 1 is 0.827 bits per heavy atom. The van der Waals surface area contributed by atoms with Gasteiger partial charge in [-0.2, -0.15) is 5.26 Å². The summed E-state index contributed by atoms with van der Waals surface area (Å²) in [6.45, 7) is 15.5. The molecule has 0 spiro atoms. The van der Waals surface area contributed by atoms with Crippen LogP contribution in [-0.4, -0.2) is 124 Å². The number of carbonyl (C=O) groups excluding carboxylic acids is 2. The summed E-state index contributed by atoms with van der Waals surface area (Å²) in [5, 5.41) is 30.5. The monoisotopic (exact) mass is 1110 g/mol. The van der Waals surface area contributed by atoms with E-state index in [1.807, 2.05) is 56.5 Å². The Kier molecular flexibility index (Phi) is 20.4. The molecule has 5 atom stereocenters. The molecular formula is C54H63Cl3F2N8O7S. The number of aryl methyl sites for hydroxylation is 2. The van der Waals surface area contributed by atoms with E-state index in [-0.39, 0.29) is 65.3 Å². The van der Waals surface area contributed by atoms with Gasteiger partial charge in [0.25, 0.3) is 0 Å². The van der Waals surface area contributed by atoms with Crippen molar-refractivity contribution in [3.63, 3.8) is 0 Å². The fraction of sp³-hybridized carbons (Fsp3) is 0.481. The number of nitriles is 1. The molecule has 2 amide bonds. The van der Waals surface area contributed by atoms with Crippen molar-refractivity contribution in [1.82, 2.24) is 30.7 Å². The maximum atomic E-state index is 15.9. The second-order valence-electron chi connectivity index (χ2n) is 19.5. The van der Waals surface area contributed by atoms with E-state index in [4.69, 9.17) is 63.5 Å². The van der Waals surface area contributed by atoms with Crippen molar-refractivity contribution in [3.8, 4) is 11.1 Å². The first-order valence-electron chi connectivity index (χ1n) is 24.8. The topological polar surface area (TPSA) is 183 Å². The number of thiophene rings is 1. The molecule has 75 heavy (non-hydrogen) atoms. The Balaban J connectivity index is 0.758. The molecule has 3 aromatic carbocycles. The first kappa shape index (κ1) is 57.8. The number of hydrogen-bond acceptors (Lipinski definition) is 13. The quantitative estimate of drug-likeness (QED) is 0.0474. The molecule has 21 heteroatoms. The lowest BCUT2D eigenvalue weighted by molar-refractivity contribution is -0.123. The Hall–Kier alpha value is -4.91. The van der Waals surface area contributed by atoms with Crippen molar-refractivity contribution in [2.24, 2.45) is 10.4 Å². The lowest BCUT2D eigenvalue weighted by Gasteiger charge is -2.37. The normalized spacial score (nSPS) is 19.3. The summed E-state index contributed by atoms with van der Waals surface area (Å²) in [5.74, 6) is -2.05. The van der Waals surface area contributed by atoms with E-state index in [1.54, 1.807) is 17.4 Å². The van der Waals surface area contributed by atoms with Crippen LogP contribution in [0.4, 0.5) is 8.78 Å². The van der Waals surface area contributed by atoms with Gasteiger partial charge in [-0.1, -0.05) is 85.9 Å². The third kappa shape index (κ3) is 14.0. The first-order valence-corrected chi connectivity index (χ1v) is 26.8. The molecule has 15 nitrogen and oxygen atoms in total. The largest absolute Gasteiger partial charge is 0.377 e. The van der Waals surface area contributed by atoms with E-state index in [0.29, 0.717) is 70.1 Å². The maximum Gasteiger partial charge on any atom is 0.237 e. The minimum absolute atomic E-state index is 0.00606. The minimum atomic E-state index is -1.72. The zero-order valence-electron chi connectivity index (χ0n) is 42.9. The molecule has 1 fully saturated rings. The van der Waals surface area contributed by atoms with Crippen LogP contribution in [0.15, 0.2) is 65.7 Å². The highest BCUT2D eigenvalue weighted by molar-refractivity contribution is 7.15. The number of carbonyl (C=O) groups is 2. The van der Waals surface area contributed by atoms with Crippen LogP contribution in [0.3, 0.4) is 0 Å². The van der Waals surface area contributed by atoms with Crippen molar-refractivity contribution < 1.29 is 42.1 Å². The Labute approximate surface area is 455 Å². The number of ether oxygens (including phenoxy) is 5. The van der Waals surface area contributed by atoms with Gasteiger partial charge in [-0.15, -0.1) is 21.5 Å². The van der Waals surface area contributed by atoms with E-state index in [1.165, 1.54) is 29.1 Å². The van der Waals surface area contributed by atoms with Crippen LogP contribution in [0.1, 0.15) is 89.9 Å². The lowest BCUT2D eigenvalue weighted by Crippen LogP contribution is -2.46. The average molecular weight is 1110 g/mol. The van der Waals surface area contributed by atoms with Gasteiger partial charge in [0.1, 0.15) is 33.9 Å². The van der Waals surface area contributed by atoms with Crippen molar-refractivity contribution in [2.75, 3.05) is 79.2 Å². The van der Waals surface area contributed by atoms with E-state index in [2.05, 4.69) is 46.1 Å². The fourth-order valence-electron chi connectivity index (χ4n) is 9.54. The number of nitrogens with one attached hydrogen (secondary N) is 3. The molecule has 2 aromatic heterocycles. The van der Waals surface area contributed by atoms with Crippen molar-refractivity contribution in [2.45, 2.75) is 83.8 Å². The van der Waals surface area contributed by atoms with Crippen LogP contribution in [0.5, 0.6) is 0 Å². The third-order valence-electron chi connectivity index (χ3n) is 13.1. The smallest absolute Gasteiger partial charge is 0.237 e. The van der Waals surface area contributed by atoms with E-state index >= 15 is 8.78 Å². The van der Waals surface area contributed by atoms with Gasteiger partial charge in [0, 0.05) is 56.7 Å². The number of aromatic nitrogens is 3. The number of fused-ring (bicyclic) bond motifs is 3. The maximum absolute atomic E-state index is 15.9. The lowest BCUT2D eigenvalue weighted by atomic mass is 9.62. The summed E-state index contributed by atoms with van der Waals surface area (Å²) in [5.41, 5.74) is 1.74. The Morgan fingerprint density at radius 3 is 2.03 bits per heavy atom. The fourth-order valence-corrected chi connectivity index (χ4v) is 11.2. The highest BCUT2D eigenvalue weighted by Crippen LogP contribution is 2.53.